The molecule has 2 aromatic rings. The molecule has 2 heterocycles. The number of thiazole rings is 1. The summed E-state index contributed by atoms with van der Waals surface area (Å²) >= 11 is 1.58. The average molecular weight is 403 g/mol. The lowest BCUT2D eigenvalue weighted by molar-refractivity contribution is -0.130. The molecule has 1 N–H and O–H groups in total. The van der Waals surface area contributed by atoms with E-state index in [1.807, 2.05) is 12.3 Å². The number of carbonyl (C=O) groups is 1. The van der Waals surface area contributed by atoms with E-state index in [2.05, 4.69) is 46.1 Å². The lowest BCUT2D eigenvalue weighted by Crippen LogP contribution is -2.43. The van der Waals surface area contributed by atoms with E-state index in [0.29, 0.717) is 13.1 Å². The van der Waals surface area contributed by atoms with Crippen LogP contribution in [0.25, 0.3) is 10.6 Å². The standard InChI is InChI=1S/C21H30N4O2S/c1-3-25(11-12-26)20(27)14-19-16-28-21(22-19)18-6-4-5-17(13-18)15-24-9-7-23(2)8-10-24/h4-6,13,16,26H,3,7-12,14-15H2,1-2H3. The fourth-order valence-corrected chi connectivity index (χ4v) is 4.25. The summed E-state index contributed by atoms with van der Waals surface area (Å²) in [4.78, 5) is 23.6. The Kier molecular flexibility index (Phi) is 7.56. The molecule has 1 aromatic carbocycles. The third-order valence-electron chi connectivity index (χ3n) is 5.16. The zero-order valence-electron chi connectivity index (χ0n) is 16.8. The van der Waals surface area contributed by atoms with Crippen molar-refractivity contribution < 1.29 is 9.90 Å². The van der Waals surface area contributed by atoms with Crippen LogP contribution in [0.3, 0.4) is 0 Å². The highest BCUT2D eigenvalue weighted by molar-refractivity contribution is 7.13. The number of hydrogen-bond acceptors (Lipinski definition) is 6. The number of benzene rings is 1. The number of aliphatic hydroxyl groups is 1. The van der Waals surface area contributed by atoms with Crippen LogP contribution in [0.4, 0.5) is 0 Å². The number of nitrogens with zero attached hydrogens (tertiary/aromatic N) is 4. The monoisotopic (exact) mass is 402 g/mol. The highest BCUT2D eigenvalue weighted by atomic mass is 32.1. The molecule has 1 aliphatic rings. The van der Waals surface area contributed by atoms with Crippen LogP contribution in [-0.2, 0) is 17.8 Å². The predicted octanol–water partition coefficient (Wildman–Crippen LogP) is 1.94. The van der Waals surface area contributed by atoms with E-state index >= 15 is 0 Å². The number of aliphatic hydroxyl groups excluding tert-OH is 1. The first-order valence-corrected chi connectivity index (χ1v) is 10.8. The second-order valence-corrected chi connectivity index (χ2v) is 8.16. The largest absolute Gasteiger partial charge is 0.395 e. The minimum Gasteiger partial charge on any atom is -0.395 e. The fourth-order valence-electron chi connectivity index (χ4n) is 3.43. The number of hydrogen-bond donors (Lipinski definition) is 1. The van der Waals surface area contributed by atoms with Crippen LogP contribution in [0.15, 0.2) is 29.6 Å². The van der Waals surface area contributed by atoms with Crippen molar-refractivity contribution in [1.29, 1.82) is 0 Å². The Morgan fingerprint density at radius 1 is 1.29 bits per heavy atom. The second kappa shape index (κ2) is 10.1. The maximum Gasteiger partial charge on any atom is 0.228 e. The molecule has 1 amide bonds. The van der Waals surface area contributed by atoms with Crippen molar-refractivity contribution in [3.63, 3.8) is 0 Å². The normalized spacial score (nSPS) is 15.7. The smallest absolute Gasteiger partial charge is 0.228 e. The summed E-state index contributed by atoms with van der Waals surface area (Å²) in [6, 6.07) is 8.57. The summed E-state index contributed by atoms with van der Waals surface area (Å²) < 4.78 is 0. The van der Waals surface area contributed by atoms with Gasteiger partial charge < -0.3 is 14.9 Å². The maximum atomic E-state index is 12.3. The molecule has 0 bridgehead atoms. The predicted molar refractivity (Wildman–Crippen MR) is 113 cm³/mol. The second-order valence-electron chi connectivity index (χ2n) is 7.30. The molecule has 1 fully saturated rings. The van der Waals surface area contributed by atoms with Gasteiger partial charge in [-0.05, 0) is 25.6 Å². The fraction of sp³-hybridized carbons (Fsp3) is 0.524. The molecular formula is C21H30N4O2S. The summed E-state index contributed by atoms with van der Waals surface area (Å²) in [5.74, 6) is 0.0113. The van der Waals surface area contributed by atoms with Gasteiger partial charge >= 0.3 is 0 Å². The van der Waals surface area contributed by atoms with Crippen LogP contribution >= 0.6 is 11.3 Å². The molecule has 0 spiro atoms. The van der Waals surface area contributed by atoms with Gasteiger partial charge in [0, 0.05) is 56.8 Å². The minimum absolute atomic E-state index is 0.0113. The molecule has 1 saturated heterocycles. The Balaban J connectivity index is 1.63. The van der Waals surface area contributed by atoms with E-state index in [4.69, 9.17) is 5.11 Å². The first kappa shape index (κ1) is 20.9. The summed E-state index contributed by atoms with van der Waals surface area (Å²) in [5, 5.41) is 12.0. The molecule has 0 unspecified atom stereocenters. The first-order valence-electron chi connectivity index (χ1n) is 9.92. The van der Waals surface area contributed by atoms with Gasteiger partial charge in [0.15, 0.2) is 0 Å². The van der Waals surface area contributed by atoms with Crippen molar-refractivity contribution in [2.24, 2.45) is 0 Å². The highest BCUT2D eigenvalue weighted by Crippen LogP contribution is 2.25. The van der Waals surface area contributed by atoms with Gasteiger partial charge in [0.25, 0.3) is 0 Å². The van der Waals surface area contributed by atoms with Crippen molar-refractivity contribution in [3.8, 4) is 10.6 Å². The molecule has 7 heteroatoms. The summed E-state index contributed by atoms with van der Waals surface area (Å²) in [6.07, 6.45) is 0.283. The lowest BCUT2D eigenvalue weighted by Gasteiger charge is -2.32. The van der Waals surface area contributed by atoms with E-state index in [-0.39, 0.29) is 18.9 Å². The molecule has 6 nitrogen and oxygen atoms in total. The topological polar surface area (TPSA) is 59.9 Å². The van der Waals surface area contributed by atoms with Crippen molar-refractivity contribution in [2.45, 2.75) is 19.9 Å². The van der Waals surface area contributed by atoms with Gasteiger partial charge in [0.05, 0.1) is 18.7 Å². The molecule has 0 radical (unpaired) electrons. The first-order chi connectivity index (χ1) is 13.6. The van der Waals surface area contributed by atoms with Crippen molar-refractivity contribution in [3.05, 3.63) is 40.9 Å². The van der Waals surface area contributed by atoms with E-state index in [1.165, 1.54) is 5.56 Å². The number of aromatic nitrogens is 1. The molecule has 0 aliphatic carbocycles. The Labute approximate surface area is 171 Å². The van der Waals surface area contributed by atoms with Gasteiger partial charge in [-0.25, -0.2) is 4.98 Å². The van der Waals surface area contributed by atoms with Gasteiger partial charge in [-0.1, -0.05) is 18.2 Å². The van der Waals surface area contributed by atoms with Gasteiger partial charge in [0.1, 0.15) is 5.01 Å². The Hall–Kier alpha value is -1.80. The van der Waals surface area contributed by atoms with Crippen LogP contribution in [0.1, 0.15) is 18.2 Å². The number of carbonyl (C=O) groups excluding carboxylic acids is 1. The van der Waals surface area contributed by atoms with Crippen molar-refractivity contribution >= 4 is 17.2 Å². The number of likely N-dealkylation sites (N-methyl/N-ethyl adjacent to an activating group) is 2. The van der Waals surface area contributed by atoms with Crippen molar-refractivity contribution in [2.75, 3.05) is 52.9 Å². The van der Waals surface area contributed by atoms with E-state index in [9.17, 15) is 4.79 Å². The Bertz CT molecular complexity index is 771. The highest BCUT2D eigenvalue weighted by Gasteiger charge is 2.16. The molecule has 1 aromatic heterocycles. The van der Waals surface area contributed by atoms with E-state index in [0.717, 1.165) is 49.0 Å². The maximum absolute atomic E-state index is 12.3. The van der Waals surface area contributed by atoms with Gasteiger partial charge in [0.2, 0.25) is 5.91 Å². The third-order valence-corrected chi connectivity index (χ3v) is 6.10. The summed E-state index contributed by atoms with van der Waals surface area (Å²) in [5.41, 5.74) is 3.21. The molecule has 3 rings (SSSR count). The van der Waals surface area contributed by atoms with Gasteiger partial charge in [-0.2, -0.15) is 0 Å². The zero-order valence-corrected chi connectivity index (χ0v) is 17.6. The molecule has 28 heavy (non-hydrogen) atoms. The van der Waals surface area contributed by atoms with Crippen molar-refractivity contribution in [1.82, 2.24) is 19.7 Å². The van der Waals surface area contributed by atoms with Crippen LogP contribution in [0, 0.1) is 0 Å². The van der Waals surface area contributed by atoms with Crippen LogP contribution in [0.2, 0.25) is 0 Å². The summed E-state index contributed by atoms with van der Waals surface area (Å²) in [7, 11) is 2.17. The molecule has 152 valence electrons. The summed E-state index contributed by atoms with van der Waals surface area (Å²) in [6.45, 7) is 8.30. The third kappa shape index (κ3) is 5.61. The Morgan fingerprint density at radius 2 is 2.07 bits per heavy atom. The van der Waals surface area contributed by atoms with Crippen LogP contribution in [-0.4, -0.2) is 83.6 Å². The van der Waals surface area contributed by atoms with Gasteiger partial charge in [-0.15, -0.1) is 11.3 Å². The van der Waals surface area contributed by atoms with E-state index in [1.54, 1.807) is 16.2 Å². The number of rotatable bonds is 8. The number of amides is 1. The Morgan fingerprint density at radius 3 is 2.79 bits per heavy atom. The number of piperazine rings is 1. The minimum atomic E-state index is -0.0119. The lowest BCUT2D eigenvalue weighted by atomic mass is 10.1. The molecule has 1 aliphatic heterocycles. The van der Waals surface area contributed by atoms with Crippen LogP contribution < -0.4 is 0 Å². The molecular weight excluding hydrogens is 372 g/mol. The van der Waals surface area contributed by atoms with Crippen LogP contribution in [0.5, 0.6) is 0 Å². The quantitative estimate of drug-likeness (QED) is 0.731. The molecule has 0 saturated carbocycles. The zero-order chi connectivity index (χ0) is 19.9. The average Bonchev–Trinajstić information content (AvgIpc) is 3.16. The molecule has 0 atom stereocenters. The van der Waals surface area contributed by atoms with Gasteiger partial charge in [-0.3, -0.25) is 9.69 Å². The van der Waals surface area contributed by atoms with E-state index < -0.39 is 0 Å². The SMILES string of the molecule is CCN(CCO)C(=O)Cc1csc(-c2cccc(CN3CCN(C)CC3)c2)n1.